The van der Waals surface area contributed by atoms with Gasteiger partial charge in [0.05, 0.1) is 6.54 Å². The maximum absolute atomic E-state index is 13.0. The summed E-state index contributed by atoms with van der Waals surface area (Å²) in [6.07, 6.45) is 1.64. The topological polar surface area (TPSA) is 73.4 Å². The van der Waals surface area contributed by atoms with Gasteiger partial charge in [-0.05, 0) is 18.2 Å². The number of carbonyl (C=O) groups is 1. The van der Waals surface area contributed by atoms with Crippen LogP contribution in [0.3, 0.4) is 0 Å². The van der Waals surface area contributed by atoms with Crippen LogP contribution in [0.15, 0.2) is 36.5 Å². The highest BCUT2D eigenvalue weighted by Crippen LogP contribution is 2.11. The smallest absolute Gasteiger partial charge is 0.244 e. The molecule has 0 fully saturated rings. The molecule has 0 aliphatic rings. The predicted octanol–water partition coefficient (Wildman–Crippen LogP) is 1.14. The van der Waals surface area contributed by atoms with E-state index in [1.807, 2.05) is 0 Å². The van der Waals surface area contributed by atoms with Gasteiger partial charge in [-0.25, -0.2) is 4.39 Å². The summed E-state index contributed by atoms with van der Waals surface area (Å²) in [6, 6.07) is 7.51. The highest BCUT2D eigenvalue weighted by molar-refractivity contribution is 5.75. The van der Waals surface area contributed by atoms with Crippen molar-refractivity contribution in [3.63, 3.8) is 0 Å². The summed E-state index contributed by atoms with van der Waals surface area (Å²) in [5, 5.41) is 3.94. The van der Waals surface area contributed by atoms with Crippen LogP contribution in [-0.4, -0.2) is 40.8 Å². The van der Waals surface area contributed by atoms with E-state index in [1.165, 1.54) is 21.7 Å². The van der Waals surface area contributed by atoms with Crippen LogP contribution in [0, 0.1) is 5.82 Å². The van der Waals surface area contributed by atoms with Gasteiger partial charge in [0.2, 0.25) is 5.91 Å². The molecule has 0 saturated carbocycles. The van der Waals surface area contributed by atoms with Gasteiger partial charge in [0, 0.05) is 19.3 Å². The zero-order valence-electron chi connectivity index (χ0n) is 11.7. The van der Waals surface area contributed by atoms with E-state index < -0.39 is 0 Å². The molecule has 0 bridgehead atoms. The molecular formula is C14H17FN4O2. The van der Waals surface area contributed by atoms with E-state index in [2.05, 4.69) is 5.10 Å². The molecule has 1 aromatic heterocycles. The molecule has 0 spiro atoms. The predicted molar refractivity (Wildman–Crippen MR) is 76.2 cm³/mol. The Morgan fingerprint density at radius 2 is 2.29 bits per heavy atom. The fourth-order valence-electron chi connectivity index (χ4n) is 1.71. The maximum Gasteiger partial charge on any atom is 0.244 e. The van der Waals surface area contributed by atoms with Crippen LogP contribution in [0.25, 0.3) is 0 Å². The Labute approximate surface area is 121 Å². The summed E-state index contributed by atoms with van der Waals surface area (Å²) < 4.78 is 19.8. The van der Waals surface area contributed by atoms with E-state index in [0.29, 0.717) is 18.1 Å². The molecule has 2 N–H and O–H groups in total. The zero-order chi connectivity index (χ0) is 15.2. The third-order valence-electron chi connectivity index (χ3n) is 2.88. The second kappa shape index (κ2) is 6.74. The van der Waals surface area contributed by atoms with Crippen LogP contribution in [0.4, 0.5) is 10.2 Å². The van der Waals surface area contributed by atoms with Gasteiger partial charge in [0.1, 0.15) is 30.5 Å². The molecule has 0 unspecified atom stereocenters. The van der Waals surface area contributed by atoms with Crippen LogP contribution in [0.5, 0.6) is 5.75 Å². The molecule has 0 atom stereocenters. The van der Waals surface area contributed by atoms with Gasteiger partial charge in [-0.15, -0.1) is 0 Å². The molecule has 0 radical (unpaired) electrons. The lowest BCUT2D eigenvalue weighted by Crippen LogP contribution is -2.33. The van der Waals surface area contributed by atoms with Crippen molar-refractivity contribution in [2.24, 2.45) is 0 Å². The van der Waals surface area contributed by atoms with Gasteiger partial charge in [-0.2, -0.15) is 5.10 Å². The van der Waals surface area contributed by atoms with Crippen molar-refractivity contribution in [1.82, 2.24) is 14.7 Å². The number of amides is 1. The molecule has 2 rings (SSSR count). The van der Waals surface area contributed by atoms with Crippen molar-refractivity contribution < 1.29 is 13.9 Å². The summed E-state index contributed by atoms with van der Waals surface area (Å²) in [5.74, 6) is 0.352. The molecule has 1 aromatic carbocycles. The van der Waals surface area contributed by atoms with Crippen molar-refractivity contribution in [2.75, 3.05) is 25.9 Å². The van der Waals surface area contributed by atoms with E-state index in [4.69, 9.17) is 10.5 Å². The first kappa shape index (κ1) is 14.8. The second-order valence-corrected chi connectivity index (χ2v) is 4.56. The van der Waals surface area contributed by atoms with Crippen molar-refractivity contribution in [3.05, 3.63) is 42.3 Å². The summed E-state index contributed by atoms with van der Waals surface area (Å²) in [6.45, 7) is 0.798. The number of rotatable bonds is 6. The fourth-order valence-corrected chi connectivity index (χ4v) is 1.71. The molecule has 0 saturated heterocycles. The number of anilines is 1. The lowest BCUT2D eigenvalue weighted by atomic mass is 10.3. The van der Waals surface area contributed by atoms with Crippen LogP contribution in [-0.2, 0) is 11.3 Å². The van der Waals surface area contributed by atoms with Crippen molar-refractivity contribution in [1.29, 1.82) is 0 Å². The number of halogens is 1. The molecule has 0 aliphatic heterocycles. The number of benzene rings is 1. The van der Waals surface area contributed by atoms with Crippen LogP contribution in [0.1, 0.15) is 0 Å². The second-order valence-electron chi connectivity index (χ2n) is 4.56. The number of carbonyl (C=O) groups excluding carboxylic acids is 1. The van der Waals surface area contributed by atoms with Crippen LogP contribution in [0.2, 0.25) is 0 Å². The number of nitrogen functional groups attached to an aromatic ring is 1. The van der Waals surface area contributed by atoms with E-state index in [1.54, 1.807) is 31.4 Å². The minimum atomic E-state index is -0.354. The number of likely N-dealkylation sites (N-methyl/N-ethyl adjacent to an activating group) is 1. The Morgan fingerprint density at radius 3 is 2.95 bits per heavy atom. The Kier molecular flexibility index (Phi) is 4.76. The first-order valence-corrected chi connectivity index (χ1v) is 6.46. The molecule has 6 nitrogen and oxygen atoms in total. The maximum atomic E-state index is 13.0. The van der Waals surface area contributed by atoms with Crippen molar-refractivity contribution >= 4 is 11.7 Å². The highest BCUT2D eigenvalue weighted by Gasteiger charge is 2.10. The standard InChI is InChI=1S/C14H17FN4O2/c1-18(14(20)10-19-6-5-13(16)17-19)7-8-21-12-4-2-3-11(15)9-12/h2-6,9H,7-8,10H2,1H3,(H2,16,17). The fraction of sp³-hybridized carbons (Fsp3) is 0.286. The van der Waals surface area contributed by atoms with E-state index in [0.717, 1.165) is 0 Å². The van der Waals surface area contributed by atoms with Crippen LogP contribution >= 0.6 is 0 Å². The summed E-state index contributed by atoms with van der Waals surface area (Å²) in [5.41, 5.74) is 5.48. The third kappa shape index (κ3) is 4.48. The normalized spacial score (nSPS) is 10.4. The third-order valence-corrected chi connectivity index (χ3v) is 2.88. The molecule has 0 aliphatic carbocycles. The first-order valence-electron chi connectivity index (χ1n) is 6.46. The summed E-state index contributed by atoms with van der Waals surface area (Å²) in [7, 11) is 1.67. The van der Waals surface area contributed by atoms with Crippen LogP contribution < -0.4 is 10.5 Å². The molecule has 2 aromatic rings. The molecule has 1 amide bonds. The average Bonchev–Trinajstić information content (AvgIpc) is 2.84. The number of nitrogens with zero attached hydrogens (tertiary/aromatic N) is 3. The number of nitrogens with two attached hydrogens (primary N) is 1. The molecule has 7 heteroatoms. The highest BCUT2D eigenvalue weighted by atomic mass is 19.1. The van der Waals surface area contributed by atoms with E-state index >= 15 is 0 Å². The lowest BCUT2D eigenvalue weighted by molar-refractivity contribution is -0.131. The number of hydrogen-bond acceptors (Lipinski definition) is 4. The van der Waals surface area contributed by atoms with Crippen molar-refractivity contribution in [3.8, 4) is 5.75 Å². The first-order chi connectivity index (χ1) is 10.0. The molecule has 1 heterocycles. The molecule has 21 heavy (non-hydrogen) atoms. The van der Waals surface area contributed by atoms with Crippen molar-refractivity contribution in [2.45, 2.75) is 6.54 Å². The average molecular weight is 292 g/mol. The number of ether oxygens (including phenoxy) is 1. The Morgan fingerprint density at radius 1 is 1.48 bits per heavy atom. The monoisotopic (exact) mass is 292 g/mol. The van der Waals surface area contributed by atoms with Gasteiger partial charge in [-0.1, -0.05) is 6.07 Å². The quantitative estimate of drug-likeness (QED) is 0.866. The van der Waals surface area contributed by atoms with Gasteiger partial charge in [0.25, 0.3) is 0 Å². The molecule has 112 valence electrons. The minimum Gasteiger partial charge on any atom is -0.492 e. The van der Waals surface area contributed by atoms with E-state index in [9.17, 15) is 9.18 Å². The Bertz CT molecular complexity index is 615. The van der Waals surface area contributed by atoms with Gasteiger partial charge < -0.3 is 15.4 Å². The number of hydrogen-bond donors (Lipinski definition) is 1. The summed E-state index contributed by atoms with van der Waals surface area (Å²) in [4.78, 5) is 13.5. The van der Waals surface area contributed by atoms with Gasteiger partial charge in [-0.3, -0.25) is 9.48 Å². The van der Waals surface area contributed by atoms with E-state index in [-0.39, 0.29) is 24.9 Å². The Hall–Kier alpha value is -2.57. The number of aromatic nitrogens is 2. The SMILES string of the molecule is CN(CCOc1cccc(F)c1)C(=O)Cn1ccc(N)n1. The Balaban J connectivity index is 1.76. The lowest BCUT2D eigenvalue weighted by Gasteiger charge is -2.17. The molecular weight excluding hydrogens is 275 g/mol. The van der Waals surface area contributed by atoms with Gasteiger partial charge >= 0.3 is 0 Å². The minimum absolute atomic E-state index is 0.110. The summed E-state index contributed by atoms with van der Waals surface area (Å²) >= 11 is 0. The zero-order valence-corrected chi connectivity index (χ0v) is 11.7. The van der Waals surface area contributed by atoms with Gasteiger partial charge in [0.15, 0.2) is 0 Å². The largest absolute Gasteiger partial charge is 0.492 e.